The van der Waals surface area contributed by atoms with Crippen LogP contribution < -0.4 is 5.32 Å². The van der Waals surface area contributed by atoms with Crippen LogP contribution in [0.5, 0.6) is 0 Å². The number of hydrogen-bond acceptors (Lipinski definition) is 4. The molecule has 2 aliphatic carbocycles. The van der Waals surface area contributed by atoms with Crippen LogP contribution in [0.4, 0.5) is 0 Å². The van der Waals surface area contributed by atoms with Crippen LogP contribution in [-0.2, 0) is 9.47 Å². The summed E-state index contributed by atoms with van der Waals surface area (Å²) in [5, 5.41) is 13.3. The highest BCUT2D eigenvalue weighted by Gasteiger charge is 2.51. The zero-order chi connectivity index (χ0) is 12.6. The van der Waals surface area contributed by atoms with Crippen molar-refractivity contribution in [3.8, 4) is 0 Å². The Balaban J connectivity index is 1.82. The molecular weight excluding hydrogens is 218 g/mol. The highest BCUT2D eigenvalue weighted by atomic mass is 16.5. The lowest BCUT2D eigenvalue weighted by Gasteiger charge is -2.54. The molecule has 2 N–H and O–H groups in total. The molecule has 0 saturated heterocycles. The number of hydrogen-bond donors (Lipinski definition) is 2. The van der Waals surface area contributed by atoms with Gasteiger partial charge in [-0.15, -0.1) is 0 Å². The van der Waals surface area contributed by atoms with E-state index in [0.29, 0.717) is 12.1 Å². The van der Waals surface area contributed by atoms with Gasteiger partial charge in [0.15, 0.2) is 0 Å². The van der Waals surface area contributed by atoms with Crippen molar-refractivity contribution < 1.29 is 14.6 Å². The molecule has 4 nitrogen and oxygen atoms in total. The van der Waals surface area contributed by atoms with Crippen molar-refractivity contribution in [1.82, 2.24) is 5.32 Å². The van der Waals surface area contributed by atoms with Gasteiger partial charge in [0.2, 0.25) is 0 Å². The van der Waals surface area contributed by atoms with E-state index < -0.39 is 0 Å². The molecule has 5 atom stereocenters. The Kier molecular flexibility index (Phi) is 3.78. The molecule has 0 aromatic rings. The molecule has 0 amide bonds. The second-order valence-corrected chi connectivity index (χ2v) is 5.83. The van der Waals surface area contributed by atoms with Gasteiger partial charge in [-0.25, -0.2) is 0 Å². The second-order valence-electron chi connectivity index (χ2n) is 5.83. The molecule has 0 aliphatic heterocycles. The van der Waals surface area contributed by atoms with Gasteiger partial charge in [-0.2, -0.15) is 0 Å². The van der Waals surface area contributed by atoms with E-state index in [-0.39, 0.29) is 23.7 Å². The summed E-state index contributed by atoms with van der Waals surface area (Å²) in [4.78, 5) is 0. The van der Waals surface area contributed by atoms with Crippen LogP contribution in [0.3, 0.4) is 0 Å². The van der Waals surface area contributed by atoms with Crippen LogP contribution in [0.2, 0.25) is 0 Å². The van der Waals surface area contributed by atoms with Gasteiger partial charge in [-0.1, -0.05) is 13.8 Å². The molecule has 4 heteroatoms. The second kappa shape index (κ2) is 4.84. The zero-order valence-corrected chi connectivity index (χ0v) is 11.3. The molecule has 0 bridgehead atoms. The van der Waals surface area contributed by atoms with Crippen LogP contribution in [0.25, 0.3) is 0 Å². The van der Waals surface area contributed by atoms with Crippen LogP contribution >= 0.6 is 0 Å². The molecule has 0 aromatic carbocycles. The maximum Gasteiger partial charge on any atom is 0.0986 e. The minimum atomic E-state index is -0.177. The summed E-state index contributed by atoms with van der Waals surface area (Å²) in [5.74, 6) is 0. The molecule has 0 heterocycles. The van der Waals surface area contributed by atoms with Gasteiger partial charge in [0, 0.05) is 31.2 Å². The van der Waals surface area contributed by atoms with Gasteiger partial charge >= 0.3 is 0 Å². The molecule has 0 aromatic heterocycles. The lowest BCUT2D eigenvalue weighted by molar-refractivity contribution is -0.149. The maximum atomic E-state index is 9.71. The van der Waals surface area contributed by atoms with Crippen molar-refractivity contribution in [2.75, 3.05) is 13.7 Å². The predicted octanol–water partition coefficient (Wildman–Crippen LogP) is 0.928. The molecule has 2 rings (SSSR count). The first kappa shape index (κ1) is 13.3. The first-order valence-corrected chi connectivity index (χ1v) is 6.59. The minimum Gasteiger partial charge on any atom is -0.392 e. The lowest BCUT2D eigenvalue weighted by Crippen LogP contribution is -2.68. The van der Waals surface area contributed by atoms with Crippen LogP contribution in [0.15, 0.2) is 0 Å². The van der Waals surface area contributed by atoms with Crippen molar-refractivity contribution in [1.29, 1.82) is 0 Å². The van der Waals surface area contributed by atoms with E-state index in [4.69, 9.17) is 9.47 Å². The van der Waals surface area contributed by atoms with E-state index in [1.165, 1.54) is 0 Å². The SMILES string of the molecule is CCOC1CC(NC2CC(O)C2(C)C)C1OC. The molecular formula is C13H25NO3. The third-order valence-electron chi connectivity index (χ3n) is 4.53. The first-order chi connectivity index (χ1) is 8.00. The summed E-state index contributed by atoms with van der Waals surface area (Å²) in [5.41, 5.74) is -0.0189. The largest absolute Gasteiger partial charge is 0.392 e. The highest BCUT2D eigenvalue weighted by Crippen LogP contribution is 2.42. The molecule has 2 aliphatic rings. The van der Waals surface area contributed by atoms with Crippen LogP contribution in [-0.4, -0.2) is 49.2 Å². The van der Waals surface area contributed by atoms with Crippen molar-refractivity contribution in [2.45, 2.75) is 64.0 Å². The fourth-order valence-electron chi connectivity index (χ4n) is 2.88. The normalized spacial score (nSPS) is 43.9. The van der Waals surface area contributed by atoms with Gasteiger partial charge in [0.05, 0.1) is 18.3 Å². The first-order valence-electron chi connectivity index (χ1n) is 6.59. The summed E-state index contributed by atoms with van der Waals surface area (Å²) >= 11 is 0. The number of nitrogens with one attached hydrogen (secondary N) is 1. The Labute approximate surface area is 104 Å². The zero-order valence-electron chi connectivity index (χ0n) is 11.3. The molecule has 2 saturated carbocycles. The van der Waals surface area contributed by atoms with Crippen molar-refractivity contribution in [3.63, 3.8) is 0 Å². The van der Waals surface area contributed by atoms with Crippen molar-refractivity contribution in [2.24, 2.45) is 5.41 Å². The number of methoxy groups -OCH3 is 1. The third-order valence-corrected chi connectivity index (χ3v) is 4.53. The quantitative estimate of drug-likeness (QED) is 0.754. The average molecular weight is 243 g/mol. The Bertz CT molecular complexity index is 269. The van der Waals surface area contributed by atoms with Crippen molar-refractivity contribution in [3.05, 3.63) is 0 Å². The maximum absolute atomic E-state index is 9.71. The lowest BCUT2D eigenvalue weighted by atomic mass is 9.64. The highest BCUT2D eigenvalue weighted by molar-refractivity contribution is 5.06. The Morgan fingerprint density at radius 3 is 2.53 bits per heavy atom. The standard InChI is InChI=1S/C13H25NO3/c1-5-17-9-6-8(12(9)16-4)14-10-7-11(15)13(10,2)3/h8-12,14-15H,5-7H2,1-4H3. The Hall–Kier alpha value is -0.160. The van der Waals surface area contributed by atoms with Gasteiger partial charge in [-0.05, 0) is 19.8 Å². The summed E-state index contributed by atoms with van der Waals surface area (Å²) in [6.45, 7) is 6.97. The van der Waals surface area contributed by atoms with E-state index in [0.717, 1.165) is 19.4 Å². The monoisotopic (exact) mass is 243 g/mol. The summed E-state index contributed by atoms with van der Waals surface area (Å²) in [6.07, 6.45) is 2.07. The van der Waals surface area contributed by atoms with Gasteiger partial charge in [-0.3, -0.25) is 0 Å². The van der Waals surface area contributed by atoms with Gasteiger partial charge < -0.3 is 19.9 Å². The Morgan fingerprint density at radius 2 is 2.06 bits per heavy atom. The molecule has 0 radical (unpaired) electrons. The van der Waals surface area contributed by atoms with E-state index in [2.05, 4.69) is 19.2 Å². The number of rotatable bonds is 5. The van der Waals surface area contributed by atoms with Gasteiger partial charge in [0.25, 0.3) is 0 Å². The fraction of sp³-hybridized carbons (Fsp3) is 1.00. The summed E-state index contributed by atoms with van der Waals surface area (Å²) in [7, 11) is 1.74. The topological polar surface area (TPSA) is 50.7 Å². The predicted molar refractivity (Wildman–Crippen MR) is 65.9 cm³/mol. The number of aliphatic hydroxyl groups is 1. The molecule has 2 fully saturated rings. The molecule has 17 heavy (non-hydrogen) atoms. The molecule has 100 valence electrons. The van der Waals surface area contributed by atoms with Crippen LogP contribution in [0.1, 0.15) is 33.6 Å². The summed E-state index contributed by atoms with van der Waals surface area (Å²) < 4.78 is 11.1. The Morgan fingerprint density at radius 1 is 1.35 bits per heavy atom. The molecule has 0 spiro atoms. The minimum absolute atomic E-state index is 0.0189. The van der Waals surface area contributed by atoms with Crippen molar-refractivity contribution >= 4 is 0 Å². The average Bonchev–Trinajstić information content (AvgIpc) is 2.26. The number of aliphatic hydroxyl groups excluding tert-OH is 1. The molecule has 5 unspecified atom stereocenters. The third kappa shape index (κ3) is 2.24. The number of ether oxygens (including phenoxy) is 2. The van der Waals surface area contributed by atoms with E-state index >= 15 is 0 Å². The van der Waals surface area contributed by atoms with Gasteiger partial charge in [0.1, 0.15) is 0 Å². The van der Waals surface area contributed by atoms with E-state index in [1.807, 2.05) is 6.92 Å². The van der Waals surface area contributed by atoms with Crippen LogP contribution in [0, 0.1) is 5.41 Å². The van der Waals surface area contributed by atoms with E-state index in [1.54, 1.807) is 7.11 Å². The smallest absolute Gasteiger partial charge is 0.0986 e. The fourth-order valence-corrected chi connectivity index (χ4v) is 2.88. The summed E-state index contributed by atoms with van der Waals surface area (Å²) in [6, 6.07) is 0.760. The van der Waals surface area contributed by atoms with E-state index in [9.17, 15) is 5.11 Å².